The maximum Gasteiger partial charge on any atom is 0.390 e. The molecule has 0 saturated carbocycles. The molecule has 3 rings (SSSR count). The number of rotatable bonds is 10. The minimum Gasteiger partial charge on any atom is -0.374 e. The summed E-state index contributed by atoms with van der Waals surface area (Å²) in [6, 6.07) is 13.1. The van der Waals surface area contributed by atoms with Crippen LogP contribution in [0.15, 0.2) is 48.5 Å². The lowest BCUT2D eigenvalue weighted by Crippen LogP contribution is -2.51. The van der Waals surface area contributed by atoms with Gasteiger partial charge in [0.25, 0.3) is 5.91 Å². The van der Waals surface area contributed by atoms with E-state index >= 15 is 0 Å². The van der Waals surface area contributed by atoms with E-state index in [1.54, 1.807) is 6.07 Å². The molecule has 0 radical (unpaired) electrons. The van der Waals surface area contributed by atoms with Crippen molar-refractivity contribution in [2.75, 3.05) is 13.2 Å². The Bertz CT molecular complexity index is 1160. The lowest BCUT2D eigenvalue weighted by Gasteiger charge is -2.24. The summed E-state index contributed by atoms with van der Waals surface area (Å²) in [5.41, 5.74) is 5.92. The molecule has 9 nitrogen and oxygen atoms in total. The molecule has 0 aliphatic rings. The highest BCUT2D eigenvalue weighted by molar-refractivity contribution is 5.93. The van der Waals surface area contributed by atoms with Gasteiger partial charge in [0.05, 0.1) is 25.2 Å². The van der Waals surface area contributed by atoms with E-state index in [1.165, 1.54) is 30.4 Å². The number of halogens is 3. The molecule has 0 bridgehead atoms. The Labute approximate surface area is 207 Å². The summed E-state index contributed by atoms with van der Waals surface area (Å²) in [6.07, 6.45) is -5.57. The van der Waals surface area contributed by atoms with Crippen molar-refractivity contribution in [1.29, 1.82) is 0 Å². The molecule has 2 heterocycles. The highest BCUT2D eigenvalue weighted by Gasteiger charge is 2.30. The van der Waals surface area contributed by atoms with Crippen LogP contribution in [0.5, 0.6) is 0 Å². The third-order valence-corrected chi connectivity index (χ3v) is 4.98. The van der Waals surface area contributed by atoms with E-state index in [0.29, 0.717) is 0 Å². The van der Waals surface area contributed by atoms with Crippen LogP contribution in [0.25, 0.3) is 5.65 Å². The lowest BCUT2D eigenvalue weighted by molar-refractivity contribution is -0.133. The van der Waals surface area contributed by atoms with Gasteiger partial charge in [-0.15, -0.1) is 10.2 Å². The maximum absolute atomic E-state index is 12.7. The van der Waals surface area contributed by atoms with Crippen molar-refractivity contribution in [3.63, 3.8) is 0 Å². The number of nitrogens with one attached hydrogen (secondary N) is 2. The van der Waals surface area contributed by atoms with E-state index in [1.807, 2.05) is 30.3 Å². The number of fused-ring (bicyclic) bond motifs is 1. The van der Waals surface area contributed by atoms with Crippen LogP contribution in [0.2, 0.25) is 0 Å². The SMILES string of the molecule is C.CC(C)(N)C(=O)N[C@H](COCc1ccccc1)c1nnc2cccc(C(=O)NCCC(F)(F)F)n12. The fourth-order valence-electron chi connectivity index (χ4n) is 3.17. The first-order valence-electron chi connectivity index (χ1n) is 10.9. The number of hydrogen-bond acceptors (Lipinski definition) is 6. The van der Waals surface area contributed by atoms with Crippen molar-refractivity contribution in [2.24, 2.45) is 5.73 Å². The average molecular weight is 509 g/mol. The number of benzene rings is 1. The number of nitrogens with two attached hydrogens (primary N) is 1. The minimum atomic E-state index is -4.40. The van der Waals surface area contributed by atoms with Gasteiger partial charge < -0.3 is 21.1 Å². The number of nitrogens with zero attached hydrogens (tertiary/aromatic N) is 3. The minimum absolute atomic E-state index is 0. The van der Waals surface area contributed by atoms with Gasteiger partial charge >= 0.3 is 6.18 Å². The number of carbonyl (C=O) groups excluding carboxylic acids is 2. The summed E-state index contributed by atoms with van der Waals surface area (Å²) in [5.74, 6) is -1.06. The molecule has 0 aliphatic heterocycles. The fourth-order valence-corrected chi connectivity index (χ4v) is 3.17. The van der Waals surface area contributed by atoms with Gasteiger partial charge in [0.15, 0.2) is 11.5 Å². The fraction of sp³-hybridized carbons (Fsp3) is 0.417. The van der Waals surface area contributed by atoms with E-state index in [4.69, 9.17) is 10.5 Å². The van der Waals surface area contributed by atoms with Gasteiger partial charge in [-0.1, -0.05) is 43.8 Å². The van der Waals surface area contributed by atoms with E-state index in [0.717, 1.165) is 5.56 Å². The predicted molar refractivity (Wildman–Crippen MR) is 128 cm³/mol. The van der Waals surface area contributed by atoms with Crippen LogP contribution >= 0.6 is 0 Å². The molecule has 3 aromatic rings. The van der Waals surface area contributed by atoms with E-state index in [2.05, 4.69) is 20.8 Å². The second-order valence-corrected chi connectivity index (χ2v) is 8.53. The zero-order valence-corrected chi connectivity index (χ0v) is 19.3. The van der Waals surface area contributed by atoms with Crippen molar-refractivity contribution in [2.45, 2.75) is 52.1 Å². The standard InChI is InChI=1S/C23H27F3N6O3.CH4/c1-22(2,27)21(34)29-16(14-35-13-15-7-4-3-5-8-15)19-31-30-18-10-6-9-17(32(18)19)20(33)28-12-11-23(24,25)26;/h3-10,16H,11-14,27H2,1-2H3,(H,28,33)(H,29,34);1H4/t16-;/m1./s1. The maximum atomic E-state index is 12.7. The molecule has 12 heteroatoms. The Balaban J connectivity index is 0.00000456. The molecule has 0 saturated heterocycles. The predicted octanol–water partition coefficient (Wildman–Crippen LogP) is 3.16. The summed E-state index contributed by atoms with van der Waals surface area (Å²) in [7, 11) is 0. The van der Waals surface area contributed by atoms with Crippen molar-refractivity contribution in [1.82, 2.24) is 25.2 Å². The zero-order chi connectivity index (χ0) is 25.6. The molecule has 0 fully saturated rings. The molecular formula is C24H31F3N6O3. The van der Waals surface area contributed by atoms with E-state index in [9.17, 15) is 22.8 Å². The van der Waals surface area contributed by atoms with Crippen LogP contribution in [0.1, 0.15) is 55.6 Å². The van der Waals surface area contributed by atoms with E-state index in [-0.39, 0.29) is 37.8 Å². The Morgan fingerprint density at radius 2 is 1.78 bits per heavy atom. The normalized spacial score (nSPS) is 12.6. The molecule has 0 aliphatic carbocycles. The molecule has 0 unspecified atom stereocenters. The van der Waals surface area contributed by atoms with Crippen LogP contribution < -0.4 is 16.4 Å². The van der Waals surface area contributed by atoms with Crippen LogP contribution in [0.3, 0.4) is 0 Å². The van der Waals surface area contributed by atoms with Gasteiger partial charge in [0.1, 0.15) is 11.7 Å². The van der Waals surface area contributed by atoms with Crippen LogP contribution in [-0.2, 0) is 16.1 Å². The van der Waals surface area contributed by atoms with Crippen molar-refractivity contribution in [3.8, 4) is 0 Å². The van der Waals surface area contributed by atoms with Crippen LogP contribution in [-0.4, -0.2) is 51.3 Å². The van der Waals surface area contributed by atoms with Gasteiger partial charge in [0, 0.05) is 6.54 Å². The highest BCUT2D eigenvalue weighted by Crippen LogP contribution is 2.20. The Hall–Kier alpha value is -3.51. The van der Waals surface area contributed by atoms with Crippen molar-refractivity contribution in [3.05, 3.63) is 65.6 Å². The monoisotopic (exact) mass is 508 g/mol. The summed E-state index contributed by atoms with van der Waals surface area (Å²) < 4.78 is 44.7. The zero-order valence-electron chi connectivity index (χ0n) is 19.3. The molecular weight excluding hydrogens is 477 g/mol. The quantitative estimate of drug-likeness (QED) is 0.387. The number of alkyl halides is 3. The third kappa shape index (κ3) is 7.75. The average Bonchev–Trinajstić information content (AvgIpc) is 3.21. The number of hydrogen-bond donors (Lipinski definition) is 3. The molecule has 2 aromatic heterocycles. The van der Waals surface area contributed by atoms with Crippen LogP contribution in [0, 0.1) is 0 Å². The van der Waals surface area contributed by atoms with Gasteiger partial charge in [0.2, 0.25) is 5.91 Å². The number of aromatic nitrogens is 3. The molecule has 4 N–H and O–H groups in total. The van der Waals surface area contributed by atoms with E-state index < -0.39 is 42.5 Å². The lowest BCUT2D eigenvalue weighted by atomic mass is 10.1. The first kappa shape index (κ1) is 28.7. The molecule has 2 amide bonds. The van der Waals surface area contributed by atoms with Gasteiger partial charge in [-0.2, -0.15) is 13.2 Å². The number of carbonyl (C=O) groups is 2. The summed E-state index contributed by atoms with van der Waals surface area (Å²) in [5, 5.41) is 13.2. The molecule has 1 atom stereocenters. The molecule has 196 valence electrons. The van der Waals surface area contributed by atoms with Gasteiger partial charge in [-0.25, -0.2) is 0 Å². The number of amides is 2. The second kappa shape index (κ2) is 12.0. The molecule has 1 aromatic carbocycles. The molecule has 0 spiro atoms. The summed E-state index contributed by atoms with van der Waals surface area (Å²) in [6.45, 7) is 2.71. The van der Waals surface area contributed by atoms with Crippen molar-refractivity contribution < 1.29 is 27.5 Å². The third-order valence-electron chi connectivity index (χ3n) is 4.98. The van der Waals surface area contributed by atoms with Gasteiger partial charge in [-0.05, 0) is 31.5 Å². The largest absolute Gasteiger partial charge is 0.390 e. The first-order chi connectivity index (χ1) is 16.5. The summed E-state index contributed by atoms with van der Waals surface area (Å²) in [4.78, 5) is 25.4. The van der Waals surface area contributed by atoms with Crippen LogP contribution in [0.4, 0.5) is 13.2 Å². The smallest absolute Gasteiger partial charge is 0.374 e. The number of ether oxygens (including phenoxy) is 1. The Kier molecular flexibility index (Phi) is 9.54. The molecule has 36 heavy (non-hydrogen) atoms. The second-order valence-electron chi connectivity index (χ2n) is 8.53. The van der Waals surface area contributed by atoms with Gasteiger partial charge in [-0.3, -0.25) is 14.0 Å². The Morgan fingerprint density at radius 1 is 1.08 bits per heavy atom. The Morgan fingerprint density at radius 3 is 2.42 bits per heavy atom. The topological polar surface area (TPSA) is 124 Å². The summed E-state index contributed by atoms with van der Waals surface area (Å²) >= 11 is 0. The highest BCUT2D eigenvalue weighted by atomic mass is 19.4. The number of pyridine rings is 1. The van der Waals surface area contributed by atoms with Crippen molar-refractivity contribution >= 4 is 17.5 Å². The first-order valence-corrected chi connectivity index (χ1v) is 10.9.